The first-order valence-corrected chi connectivity index (χ1v) is 6.59. The third-order valence-electron chi connectivity index (χ3n) is 2.70. The number of benzene rings is 1. The molecule has 0 aliphatic carbocycles. The van der Waals surface area contributed by atoms with Crippen LogP contribution in [0, 0.1) is 0 Å². The van der Waals surface area contributed by atoms with Crippen LogP contribution in [0.25, 0.3) is 0 Å². The van der Waals surface area contributed by atoms with Gasteiger partial charge in [0.15, 0.2) is 0 Å². The van der Waals surface area contributed by atoms with Crippen molar-refractivity contribution in [2.24, 2.45) is 0 Å². The number of rotatable bonds is 6. The third-order valence-corrected chi connectivity index (χ3v) is 3.29. The summed E-state index contributed by atoms with van der Waals surface area (Å²) in [6.45, 7) is 0.671. The van der Waals surface area contributed by atoms with E-state index < -0.39 is 0 Å². The average molecular weight is 290 g/mol. The van der Waals surface area contributed by atoms with Crippen molar-refractivity contribution in [1.29, 1.82) is 0 Å². The lowest BCUT2D eigenvalue weighted by Crippen LogP contribution is -2.28. The minimum Gasteiger partial charge on any atom is -0.396 e. The molecule has 0 spiro atoms. The summed E-state index contributed by atoms with van der Waals surface area (Å²) in [7, 11) is 1.74. The van der Waals surface area contributed by atoms with Gasteiger partial charge < -0.3 is 10.0 Å². The maximum Gasteiger partial charge on any atom is 0.222 e. The zero-order valence-corrected chi connectivity index (χ0v) is 11.8. The molecular weight excluding hydrogens is 273 g/mol. The van der Waals surface area contributed by atoms with E-state index in [1.54, 1.807) is 24.1 Å². The molecule has 0 saturated heterocycles. The van der Waals surface area contributed by atoms with E-state index >= 15 is 0 Å². The number of aryl methyl sites for hydroxylation is 1. The quantitative estimate of drug-likeness (QED) is 0.875. The summed E-state index contributed by atoms with van der Waals surface area (Å²) in [6.07, 6.45) is 1.60. The van der Waals surface area contributed by atoms with Gasteiger partial charge in [-0.05, 0) is 30.5 Å². The Bertz CT molecular complexity index is 410. The van der Waals surface area contributed by atoms with Crippen molar-refractivity contribution in [1.82, 2.24) is 4.90 Å². The van der Waals surface area contributed by atoms with Crippen LogP contribution in [0.2, 0.25) is 10.0 Å². The SMILES string of the molecule is CN(CCCO)C(=O)CCc1ccc(Cl)cc1Cl. The van der Waals surface area contributed by atoms with Crippen LogP contribution in [0.4, 0.5) is 0 Å². The highest BCUT2D eigenvalue weighted by molar-refractivity contribution is 6.35. The van der Waals surface area contributed by atoms with Gasteiger partial charge in [0.2, 0.25) is 5.91 Å². The van der Waals surface area contributed by atoms with Crippen molar-refractivity contribution in [2.75, 3.05) is 20.2 Å². The van der Waals surface area contributed by atoms with Crippen LogP contribution in [0.15, 0.2) is 18.2 Å². The molecule has 1 aromatic carbocycles. The Hall–Kier alpha value is -0.770. The van der Waals surface area contributed by atoms with Gasteiger partial charge in [-0.25, -0.2) is 0 Å². The maximum atomic E-state index is 11.8. The van der Waals surface area contributed by atoms with Crippen molar-refractivity contribution in [3.8, 4) is 0 Å². The zero-order valence-electron chi connectivity index (χ0n) is 10.3. The predicted octanol–water partition coefficient (Wildman–Crippen LogP) is 2.77. The van der Waals surface area contributed by atoms with E-state index in [1.807, 2.05) is 6.07 Å². The summed E-state index contributed by atoms with van der Waals surface area (Å²) < 4.78 is 0. The molecule has 0 bridgehead atoms. The topological polar surface area (TPSA) is 40.5 Å². The van der Waals surface area contributed by atoms with Gasteiger partial charge in [0, 0.05) is 36.7 Å². The second-order valence-corrected chi connectivity index (χ2v) is 4.97. The predicted molar refractivity (Wildman–Crippen MR) is 74.1 cm³/mol. The standard InChI is InChI=1S/C13H17Cl2NO2/c1-16(7-2-8-17)13(18)6-4-10-3-5-11(14)9-12(10)15/h3,5,9,17H,2,4,6-8H2,1H3. The molecule has 0 atom stereocenters. The molecule has 0 heterocycles. The molecule has 0 saturated carbocycles. The Morgan fingerprint density at radius 2 is 2.11 bits per heavy atom. The molecular formula is C13H17Cl2NO2. The van der Waals surface area contributed by atoms with Crippen LogP contribution in [0.3, 0.4) is 0 Å². The van der Waals surface area contributed by atoms with E-state index in [-0.39, 0.29) is 12.5 Å². The Balaban J connectivity index is 2.47. The zero-order chi connectivity index (χ0) is 13.5. The van der Waals surface area contributed by atoms with Crippen molar-refractivity contribution in [2.45, 2.75) is 19.3 Å². The van der Waals surface area contributed by atoms with Gasteiger partial charge in [0.25, 0.3) is 0 Å². The summed E-state index contributed by atoms with van der Waals surface area (Å²) in [5.41, 5.74) is 0.921. The number of amides is 1. The molecule has 0 fully saturated rings. The van der Waals surface area contributed by atoms with E-state index in [1.165, 1.54) is 0 Å². The number of halogens is 2. The van der Waals surface area contributed by atoms with E-state index in [4.69, 9.17) is 28.3 Å². The minimum absolute atomic E-state index is 0.0504. The summed E-state index contributed by atoms with van der Waals surface area (Å²) in [6, 6.07) is 5.28. The summed E-state index contributed by atoms with van der Waals surface area (Å²) in [4.78, 5) is 13.4. The largest absolute Gasteiger partial charge is 0.396 e. The van der Waals surface area contributed by atoms with Gasteiger partial charge in [-0.3, -0.25) is 4.79 Å². The third kappa shape index (κ3) is 4.84. The van der Waals surface area contributed by atoms with Crippen LogP contribution in [-0.2, 0) is 11.2 Å². The van der Waals surface area contributed by atoms with Crippen molar-refractivity contribution in [3.63, 3.8) is 0 Å². The fraction of sp³-hybridized carbons (Fsp3) is 0.462. The molecule has 0 unspecified atom stereocenters. The maximum absolute atomic E-state index is 11.8. The van der Waals surface area contributed by atoms with Crippen LogP contribution < -0.4 is 0 Å². The molecule has 0 aromatic heterocycles. The summed E-state index contributed by atoms with van der Waals surface area (Å²) >= 11 is 11.8. The van der Waals surface area contributed by atoms with Crippen LogP contribution in [0.1, 0.15) is 18.4 Å². The van der Waals surface area contributed by atoms with Crippen molar-refractivity contribution < 1.29 is 9.90 Å². The number of aliphatic hydroxyl groups is 1. The first kappa shape index (κ1) is 15.3. The summed E-state index contributed by atoms with van der Waals surface area (Å²) in [5, 5.41) is 9.88. The first-order valence-electron chi connectivity index (χ1n) is 5.83. The second-order valence-electron chi connectivity index (χ2n) is 4.13. The van der Waals surface area contributed by atoms with Crippen LogP contribution >= 0.6 is 23.2 Å². The van der Waals surface area contributed by atoms with E-state index in [2.05, 4.69) is 0 Å². The fourth-order valence-corrected chi connectivity index (χ4v) is 2.09. The highest BCUT2D eigenvalue weighted by Crippen LogP contribution is 2.22. The highest BCUT2D eigenvalue weighted by atomic mass is 35.5. The molecule has 1 amide bonds. The van der Waals surface area contributed by atoms with Gasteiger partial charge in [-0.15, -0.1) is 0 Å². The Kier molecular flexibility index (Phi) is 6.47. The molecule has 100 valence electrons. The number of nitrogens with zero attached hydrogens (tertiary/aromatic N) is 1. The smallest absolute Gasteiger partial charge is 0.222 e. The lowest BCUT2D eigenvalue weighted by molar-refractivity contribution is -0.129. The monoisotopic (exact) mass is 289 g/mol. The second kappa shape index (κ2) is 7.62. The number of hydrogen-bond acceptors (Lipinski definition) is 2. The lowest BCUT2D eigenvalue weighted by Gasteiger charge is -2.16. The van der Waals surface area contributed by atoms with E-state index in [9.17, 15) is 4.79 Å². The molecule has 1 N–H and O–H groups in total. The highest BCUT2D eigenvalue weighted by Gasteiger charge is 2.09. The number of aliphatic hydroxyl groups excluding tert-OH is 1. The normalized spacial score (nSPS) is 10.4. The molecule has 0 aliphatic rings. The van der Waals surface area contributed by atoms with Gasteiger partial charge >= 0.3 is 0 Å². The Morgan fingerprint density at radius 3 is 2.72 bits per heavy atom. The molecule has 1 aromatic rings. The molecule has 1 rings (SSSR count). The fourth-order valence-electron chi connectivity index (χ4n) is 1.59. The number of hydrogen-bond donors (Lipinski definition) is 1. The molecule has 0 aliphatic heterocycles. The Labute approximate surface area is 117 Å². The molecule has 18 heavy (non-hydrogen) atoms. The number of carbonyl (C=O) groups is 1. The average Bonchev–Trinajstić information content (AvgIpc) is 2.34. The van der Waals surface area contributed by atoms with Crippen LogP contribution in [-0.4, -0.2) is 36.1 Å². The Morgan fingerprint density at radius 1 is 1.39 bits per heavy atom. The molecule has 3 nitrogen and oxygen atoms in total. The van der Waals surface area contributed by atoms with Gasteiger partial charge in [0.1, 0.15) is 0 Å². The molecule has 0 radical (unpaired) electrons. The van der Waals surface area contributed by atoms with Crippen molar-refractivity contribution >= 4 is 29.1 Å². The molecule has 5 heteroatoms. The van der Waals surface area contributed by atoms with Gasteiger partial charge in [-0.1, -0.05) is 29.3 Å². The van der Waals surface area contributed by atoms with Gasteiger partial charge in [-0.2, -0.15) is 0 Å². The lowest BCUT2D eigenvalue weighted by atomic mass is 10.1. The van der Waals surface area contributed by atoms with Gasteiger partial charge in [0.05, 0.1) is 0 Å². The van der Waals surface area contributed by atoms with Crippen molar-refractivity contribution in [3.05, 3.63) is 33.8 Å². The first-order chi connectivity index (χ1) is 8.54. The minimum atomic E-state index is 0.0504. The van der Waals surface area contributed by atoms with Crippen LogP contribution in [0.5, 0.6) is 0 Å². The number of carbonyl (C=O) groups excluding carboxylic acids is 1. The van der Waals surface area contributed by atoms with E-state index in [0.717, 1.165) is 5.56 Å². The summed E-state index contributed by atoms with van der Waals surface area (Å²) in [5.74, 6) is 0.0504. The van der Waals surface area contributed by atoms with E-state index in [0.29, 0.717) is 35.9 Å².